The lowest BCUT2D eigenvalue weighted by molar-refractivity contribution is -0.127. The zero-order chi connectivity index (χ0) is 11.4. The minimum absolute atomic E-state index is 0.414. The molecule has 4 nitrogen and oxygen atoms in total. The zero-order valence-electron chi connectivity index (χ0n) is 9.75. The van der Waals surface area contributed by atoms with E-state index in [0.717, 1.165) is 6.21 Å². The van der Waals surface area contributed by atoms with E-state index >= 15 is 0 Å². The maximum absolute atomic E-state index is 11.1. The van der Waals surface area contributed by atoms with Gasteiger partial charge >= 0.3 is 5.97 Å². The third kappa shape index (κ3) is 9.46. The second kappa shape index (κ2) is 4.74. The molecule has 0 aliphatic rings. The van der Waals surface area contributed by atoms with E-state index in [1.807, 2.05) is 39.3 Å². The lowest BCUT2D eigenvalue weighted by Gasteiger charge is -2.15. The van der Waals surface area contributed by atoms with Gasteiger partial charge in [-0.3, -0.25) is 0 Å². The van der Waals surface area contributed by atoms with Crippen molar-refractivity contribution < 1.29 is 13.7 Å². The number of rotatable bonds is 4. The molecule has 0 N–H and O–H groups in total. The van der Waals surface area contributed by atoms with Crippen LogP contribution in [0.15, 0.2) is 5.16 Å². The molecule has 0 aromatic heterocycles. The van der Waals surface area contributed by atoms with Crippen LogP contribution in [0.4, 0.5) is 0 Å². The third-order valence-corrected chi connectivity index (χ3v) is 2.36. The van der Waals surface area contributed by atoms with Crippen LogP contribution in [0, 0.1) is 0 Å². The average molecular weight is 233 g/mol. The summed E-state index contributed by atoms with van der Waals surface area (Å²) < 4.78 is 10.3. The lowest BCUT2D eigenvalue weighted by Crippen LogP contribution is -2.30. The summed E-state index contributed by atoms with van der Waals surface area (Å²) >= 11 is 0. The Morgan fingerprint density at radius 1 is 1.07 bits per heavy atom. The van der Waals surface area contributed by atoms with Crippen molar-refractivity contribution in [2.75, 3.05) is 0 Å². The number of nitrogens with zero attached hydrogens (tertiary/aromatic N) is 1. The van der Waals surface area contributed by atoms with Crippen LogP contribution in [0.3, 0.4) is 0 Å². The summed E-state index contributed by atoms with van der Waals surface area (Å²) in [4.78, 5) is 11.1. The molecule has 0 fully saturated rings. The average Bonchev–Trinajstić information content (AvgIpc) is 1.78. The lowest BCUT2D eigenvalue weighted by atomic mass is 10.8. The van der Waals surface area contributed by atoms with Crippen molar-refractivity contribution in [2.45, 2.75) is 39.3 Å². The number of hydrogen-bond acceptors (Lipinski definition) is 4. The highest BCUT2D eigenvalue weighted by Crippen LogP contribution is 2.03. The zero-order valence-corrected chi connectivity index (χ0v) is 11.7. The van der Waals surface area contributed by atoms with Gasteiger partial charge in [0.05, 0.1) is 0 Å². The molecule has 0 aromatic rings. The summed E-state index contributed by atoms with van der Waals surface area (Å²) in [6.45, 7) is 11.8. The first kappa shape index (κ1) is 13.4. The molecule has 0 bridgehead atoms. The fourth-order valence-electron chi connectivity index (χ4n) is 0.556. The van der Waals surface area contributed by atoms with E-state index in [-0.39, 0.29) is 0 Å². The quantitative estimate of drug-likeness (QED) is 0.425. The molecular weight excluding hydrogens is 214 g/mol. The van der Waals surface area contributed by atoms with Gasteiger partial charge in [0.1, 0.15) is 6.21 Å². The van der Waals surface area contributed by atoms with Gasteiger partial charge in [-0.1, -0.05) is 0 Å². The minimum Gasteiger partial charge on any atom is -0.516 e. The van der Waals surface area contributed by atoms with Gasteiger partial charge in [-0.25, -0.2) is 4.79 Å². The highest BCUT2D eigenvalue weighted by Gasteiger charge is 2.19. The molecule has 0 rings (SSSR count). The van der Waals surface area contributed by atoms with Crippen molar-refractivity contribution >= 4 is 28.8 Å². The minimum atomic E-state index is -1.80. The fourth-order valence-corrected chi connectivity index (χ4v) is 1.58. The number of oxime groups is 1. The molecule has 0 saturated carbocycles. The first-order valence-corrected chi connectivity index (χ1v) is 11.4. The van der Waals surface area contributed by atoms with E-state index in [2.05, 4.69) is 5.16 Å². The van der Waals surface area contributed by atoms with Gasteiger partial charge in [0.2, 0.25) is 8.32 Å². The van der Waals surface area contributed by atoms with Crippen LogP contribution in [-0.2, 0) is 13.7 Å². The van der Waals surface area contributed by atoms with Gasteiger partial charge in [-0.2, -0.15) is 0 Å². The second-order valence-corrected chi connectivity index (χ2v) is 13.8. The number of hydrogen-bond donors (Lipinski definition) is 0. The smallest absolute Gasteiger partial charge is 0.339 e. The van der Waals surface area contributed by atoms with E-state index in [9.17, 15) is 4.79 Å². The normalized spacial score (nSPS) is 13.0. The molecule has 6 heteroatoms. The molecular formula is C8H19NO3Si2. The van der Waals surface area contributed by atoms with Crippen LogP contribution < -0.4 is 0 Å². The summed E-state index contributed by atoms with van der Waals surface area (Å²) in [5.41, 5.74) is 0. The monoisotopic (exact) mass is 233 g/mol. The van der Waals surface area contributed by atoms with Crippen LogP contribution >= 0.6 is 0 Å². The molecule has 0 saturated heterocycles. The molecule has 14 heavy (non-hydrogen) atoms. The van der Waals surface area contributed by atoms with Crippen LogP contribution in [-0.4, -0.2) is 28.8 Å². The van der Waals surface area contributed by atoms with Crippen molar-refractivity contribution in [1.29, 1.82) is 0 Å². The SMILES string of the molecule is C[Si](C)(C)O/N=C/C(=O)O[Si](C)(C)C. The van der Waals surface area contributed by atoms with Crippen LogP contribution in [0.5, 0.6) is 0 Å². The molecule has 0 unspecified atom stereocenters. The molecule has 0 aliphatic carbocycles. The number of carbonyl (C=O) groups is 1. The van der Waals surface area contributed by atoms with Crippen LogP contribution in [0.25, 0.3) is 0 Å². The molecule has 82 valence electrons. The Labute approximate surface area is 87.5 Å². The summed E-state index contributed by atoms with van der Waals surface area (Å²) in [5, 5.41) is 3.61. The first-order chi connectivity index (χ1) is 6.10. The van der Waals surface area contributed by atoms with Gasteiger partial charge in [-0.15, -0.1) is 5.16 Å². The number of carbonyl (C=O) groups excluding carboxylic acids is 1. The molecule has 0 aliphatic heterocycles. The summed E-state index contributed by atoms with van der Waals surface area (Å²) in [6.07, 6.45) is 1.11. The molecule has 0 heterocycles. The topological polar surface area (TPSA) is 47.9 Å². The van der Waals surface area contributed by atoms with E-state index in [0.29, 0.717) is 0 Å². The van der Waals surface area contributed by atoms with Gasteiger partial charge < -0.3 is 8.95 Å². The fraction of sp³-hybridized carbons (Fsp3) is 0.750. The standard InChI is InChI=1S/C8H19NO3Si2/c1-13(2,3)11-8(10)7-9-12-14(4,5)6/h7H,1-6H3/b9-7+. The molecule has 0 radical (unpaired) electrons. The van der Waals surface area contributed by atoms with Crippen molar-refractivity contribution in [3.63, 3.8) is 0 Å². The van der Waals surface area contributed by atoms with E-state index < -0.39 is 22.6 Å². The van der Waals surface area contributed by atoms with Gasteiger partial charge in [0.25, 0.3) is 8.32 Å². The molecule has 0 spiro atoms. The Morgan fingerprint density at radius 2 is 1.57 bits per heavy atom. The van der Waals surface area contributed by atoms with Crippen molar-refractivity contribution in [3.05, 3.63) is 0 Å². The Hall–Kier alpha value is -0.626. The molecule has 0 atom stereocenters. The van der Waals surface area contributed by atoms with Gasteiger partial charge in [-0.05, 0) is 39.3 Å². The summed E-state index contributed by atoms with van der Waals surface area (Å²) in [7, 11) is -3.48. The Morgan fingerprint density at radius 3 is 1.93 bits per heavy atom. The van der Waals surface area contributed by atoms with Crippen LogP contribution in [0.1, 0.15) is 0 Å². The maximum Gasteiger partial charge on any atom is 0.339 e. The third-order valence-electron chi connectivity index (χ3n) is 0.891. The summed E-state index contributed by atoms with van der Waals surface area (Å²) in [5.74, 6) is -0.414. The predicted molar refractivity (Wildman–Crippen MR) is 62.4 cm³/mol. The first-order valence-electron chi connectivity index (χ1n) is 4.55. The van der Waals surface area contributed by atoms with Crippen molar-refractivity contribution in [1.82, 2.24) is 0 Å². The molecule has 0 amide bonds. The van der Waals surface area contributed by atoms with E-state index in [1.165, 1.54) is 0 Å². The molecule has 0 aromatic carbocycles. The van der Waals surface area contributed by atoms with Gasteiger partial charge in [0, 0.05) is 0 Å². The highest BCUT2D eigenvalue weighted by molar-refractivity contribution is 6.72. The van der Waals surface area contributed by atoms with E-state index in [1.54, 1.807) is 0 Å². The highest BCUT2D eigenvalue weighted by atomic mass is 28.4. The Bertz CT molecular complexity index is 228. The van der Waals surface area contributed by atoms with Crippen LogP contribution in [0.2, 0.25) is 39.3 Å². The van der Waals surface area contributed by atoms with Gasteiger partial charge in [0.15, 0.2) is 0 Å². The van der Waals surface area contributed by atoms with Crippen molar-refractivity contribution in [2.24, 2.45) is 5.16 Å². The Balaban J connectivity index is 3.96. The second-order valence-electron chi connectivity index (χ2n) is 4.97. The Kier molecular flexibility index (Phi) is 4.53. The maximum atomic E-state index is 11.1. The predicted octanol–water partition coefficient (Wildman–Crippen LogP) is 2.20. The van der Waals surface area contributed by atoms with Crippen molar-refractivity contribution in [3.8, 4) is 0 Å². The van der Waals surface area contributed by atoms with E-state index in [4.69, 9.17) is 8.95 Å². The summed E-state index contributed by atoms with van der Waals surface area (Å²) in [6, 6.07) is 0. The largest absolute Gasteiger partial charge is 0.516 e.